The minimum Gasteiger partial charge on any atom is -0.495 e. The Kier molecular flexibility index (Phi) is 9.78. The molecule has 0 aliphatic carbocycles. The second-order valence-electron chi connectivity index (χ2n) is 11.6. The van der Waals surface area contributed by atoms with E-state index in [9.17, 15) is 19.7 Å². The number of benzene rings is 3. The molecule has 3 aromatic rings. The van der Waals surface area contributed by atoms with Gasteiger partial charge in [0.15, 0.2) is 0 Å². The quantitative estimate of drug-likeness (QED) is 0.0825. The summed E-state index contributed by atoms with van der Waals surface area (Å²) in [6.07, 6.45) is 3.41. The van der Waals surface area contributed by atoms with Crippen LogP contribution in [0, 0.1) is 10.1 Å². The van der Waals surface area contributed by atoms with Gasteiger partial charge in [-0.25, -0.2) is 4.79 Å². The molecule has 0 spiro atoms. The molecule has 2 aliphatic rings. The molecule has 1 saturated heterocycles. The normalized spacial score (nSPS) is 18.5. The molecule has 3 aromatic carbocycles. The summed E-state index contributed by atoms with van der Waals surface area (Å²) in [4.78, 5) is 39.8. The van der Waals surface area contributed by atoms with Crippen molar-refractivity contribution in [2.45, 2.75) is 44.4 Å². The monoisotopic (exact) mass is 609 g/mol. The predicted molar refractivity (Wildman–Crippen MR) is 171 cm³/mol. The van der Waals surface area contributed by atoms with Crippen LogP contribution in [0.4, 0.5) is 5.69 Å². The molecular formula is C36H39N3O6. The molecule has 2 aliphatic heterocycles. The fourth-order valence-electron chi connectivity index (χ4n) is 6.76. The molecule has 0 saturated carbocycles. The molecule has 45 heavy (non-hydrogen) atoms. The number of amides is 1. The standard InChI is InChI=1S/C36H39N3O6/c1-26-32(35(41)44-3)33(28-15-17-31(18-16-28)39(42)43)34(27(2)38(26)25-40)45-24-10-21-37-22-19-36(20-23-37,29-11-6-4-7-12-29)30-13-8-5-9-14-30/h4-9,11-18,25,33H,10,19-24H2,1-3H3. The molecule has 0 radical (unpaired) electrons. The highest BCUT2D eigenvalue weighted by Crippen LogP contribution is 2.43. The van der Waals surface area contributed by atoms with Gasteiger partial charge < -0.3 is 14.4 Å². The number of nitrogens with zero attached hydrogens (tertiary/aromatic N) is 3. The number of methoxy groups -OCH3 is 1. The van der Waals surface area contributed by atoms with E-state index in [1.807, 2.05) is 0 Å². The third-order valence-electron chi connectivity index (χ3n) is 9.21. The van der Waals surface area contributed by atoms with Gasteiger partial charge >= 0.3 is 5.97 Å². The van der Waals surface area contributed by atoms with E-state index >= 15 is 0 Å². The molecule has 0 bridgehead atoms. The molecule has 2 heterocycles. The third-order valence-corrected chi connectivity index (χ3v) is 9.21. The molecule has 1 atom stereocenters. The van der Waals surface area contributed by atoms with Gasteiger partial charge in [0.1, 0.15) is 5.76 Å². The van der Waals surface area contributed by atoms with Crippen LogP contribution in [-0.2, 0) is 24.5 Å². The second-order valence-corrected chi connectivity index (χ2v) is 11.6. The molecule has 0 aromatic heterocycles. The first-order chi connectivity index (χ1) is 21.8. The number of nitro groups is 1. The maximum atomic E-state index is 13.0. The lowest BCUT2D eigenvalue weighted by atomic mass is 9.68. The maximum Gasteiger partial charge on any atom is 0.336 e. The summed E-state index contributed by atoms with van der Waals surface area (Å²) in [6.45, 7) is 6.56. The lowest BCUT2D eigenvalue weighted by Crippen LogP contribution is -2.43. The van der Waals surface area contributed by atoms with Gasteiger partial charge in [0, 0.05) is 29.8 Å². The number of hydrogen-bond acceptors (Lipinski definition) is 7. The van der Waals surface area contributed by atoms with Crippen molar-refractivity contribution in [1.29, 1.82) is 0 Å². The van der Waals surface area contributed by atoms with E-state index in [-0.39, 0.29) is 16.7 Å². The average molecular weight is 610 g/mol. The summed E-state index contributed by atoms with van der Waals surface area (Å²) >= 11 is 0. The molecule has 234 valence electrons. The number of esters is 1. The van der Waals surface area contributed by atoms with Crippen LogP contribution in [-0.4, -0.2) is 60.5 Å². The summed E-state index contributed by atoms with van der Waals surface area (Å²) in [5.41, 5.74) is 4.50. The zero-order valence-corrected chi connectivity index (χ0v) is 26.0. The van der Waals surface area contributed by atoms with E-state index in [1.54, 1.807) is 26.0 Å². The number of rotatable bonds is 11. The summed E-state index contributed by atoms with van der Waals surface area (Å²) < 4.78 is 11.5. The lowest BCUT2D eigenvalue weighted by molar-refractivity contribution is -0.384. The molecule has 1 fully saturated rings. The summed E-state index contributed by atoms with van der Waals surface area (Å²) in [5, 5.41) is 11.3. The predicted octanol–water partition coefficient (Wildman–Crippen LogP) is 6.32. The Morgan fingerprint density at radius 3 is 2.02 bits per heavy atom. The number of hydrogen-bond donors (Lipinski definition) is 0. The Morgan fingerprint density at radius 1 is 0.933 bits per heavy atom. The smallest absolute Gasteiger partial charge is 0.336 e. The summed E-state index contributed by atoms with van der Waals surface area (Å²) in [5.74, 6) is -0.820. The van der Waals surface area contributed by atoms with Crippen molar-refractivity contribution >= 4 is 18.1 Å². The largest absolute Gasteiger partial charge is 0.495 e. The Balaban J connectivity index is 1.30. The van der Waals surface area contributed by atoms with Gasteiger partial charge in [-0.2, -0.15) is 0 Å². The highest BCUT2D eigenvalue weighted by atomic mass is 16.6. The Labute approximate surface area is 263 Å². The number of likely N-dealkylation sites (tertiary alicyclic amines) is 1. The van der Waals surface area contributed by atoms with Crippen LogP contribution in [0.1, 0.15) is 55.7 Å². The van der Waals surface area contributed by atoms with Crippen molar-refractivity contribution in [1.82, 2.24) is 9.80 Å². The first-order valence-electron chi connectivity index (χ1n) is 15.3. The van der Waals surface area contributed by atoms with Crippen molar-refractivity contribution in [2.75, 3.05) is 33.4 Å². The topological polar surface area (TPSA) is 102 Å². The van der Waals surface area contributed by atoms with Crippen LogP contribution < -0.4 is 0 Å². The van der Waals surface area contributed by atoms with Crippen molar-refractivity contribution in [2.24, 2.45) is 0 Å². The highest BCUT2D eigenvalue weighted by Gasteiger charge is 2.39. The summed E-state index contributed by atoms with van der Waals surface area (Å²) in [7, 11) is 1.29. The van der Waals surface area contributed by atoms with E-state index in [2.05, 4.69) is 65.6 Å². The molecule has 1 amide bonds. The van der Waals surface area contributed by atoms with Crippen molar-refractivity contribution in [3.63, 3.8) is 0 Å². The maximum absolute atomic E-state index is 13.0. The molecular weight excluding hydrogens is 570 g/mol. The number of carbonyl (C=O) groups excluding carboxylic acids is 2. The lowest BCUT2D eigenvalue weighted by Gasteiger charge is -2.43. The molecule has 5 rings (SSSR count). The van der Waals surface area contributed by atoms with Gasteiger partial charge in [0.05, 0.1) is 35.8 Å². The Bertz CT molecular complexity index is 1530. The second kappa shape index (κ2) is 13.9. The molecule has 9 heteroatoms. The van der Waals surface area contributed by atoms with Crippen molar-refractivity contribution in [3.05, 3.63) is 134 Å². The van der Waals surface area contributed by atoms with Gasteiger partial charge in [-0.15, -0.1) is 0 Å². The van der Waals surface area contributed by atoms with Gasteiger partial charge in [0.2, 0.25) is 6.41 Å². The molecule has 1 unspecified atom stereocenters. The minimum atomic E-state index is -0.679. The fraction of sp³-hybridized carbons (Fsp3) is 0.333. The van der Waals surface area contributed by atoms with E-state index < -0.39 is 16.8 Å². The number of carbonyl (C=O) groups is 2. The zero-order chi connectivity index (χ0) is 32.0. The van der Waals surface area contributed by atoms with E-state index in [0.717, 1.165) is 38.9 Å². The Hall–Kier alpha value is -4.76. The SMILES string of the molecule is COC(=O)C1=C(C)N(C=O)C(C)=C(OCCCN2CCC(c3ccccc3)(c3ccccc3)CC2)C1c1ccc([N+](=O)[O-])cc1. The fourth-order valence-corrected chi connectivity index (χ4v) is 6.76. The van der Waals surface area contributed by atoms with E-state index in [1.165, 1.54) is 35.3 Å². The number of ether oxygens (including phenoxy) is 2. The first-order valence-corrected chi connectivity index (χ1v) is 15.3. The number of allylic oxidation sites excluding steroid dienone is 3. The van der Waals surface area contributed by atoms with Gasteiger partial charge in [0.25, 0.3) is 5.69 Å². The van der Waals surface area contributed by atoms with Crippen molar-refractivity contribution < 1.29 is 24.0 Å². The van der Waals surface area contributed by atoms with Crippen LogP contribution in [0.2, 0.25) is 0 Å². The molecule has 0 N–H and O–H groups in total. The van der Waals surface area contributed by atoms with E-state index in [4.69, 9.17) is 9.47 Å². The van der Waals surface area contributed by atoms with Gasteiger partial charge in [-0.05, 0) is 62.9 Å². The van der Waals surface area contributed by atoms with Crippen LogP contribution in [0.3, 0.4) is 0 Å². The third kappa shape index (κ3) is 6.40. The minimum absolute atomic E-state index is 0.0235. The number of piperidine rings is 1. The first kappa shape index (κ1) is 31.7. The summed E-state index contributed by atoms with van der Waals surface area (Å²) in [6, 6.07) is 27.6. The van der Waals surface area contributed by atoms with Gasteiger partial charge in [-0.1, -0.05) is 72.8 Å². The Morgan fingerprint density at radius 2 is 1.51 bits per heavy atom. The number of non-ortho nitro benzene ring substituents is 1. The van der Waals surface area contributed by atoms with Crippen LogP contribution >= 0.6 is 0 Å². The molecule has 9 nitrogen and oxygen atoms in total. The van der Waals surface area contributed by atoms with Crippen LogP contribution in [0.5, 0.6) is 0 Å². The van der Waals surface area contributed by atoms with Crippen molar-refractivity contribution in [3.8, 4) is 0 Å². The zero-order valence-electron chi connectivity index (χ0n) is 26.0. The number of nitro benzene ring substituents is 1. The van der Waals surface area contributed by atoms with E-state index in [0.29, 0.717) is 35.7 Å². The van der Waals surface area contributed by atoms with Crippen LogP contribution in [0.15, 0.2) is 108 Å². The highest BCUT2D eigenvalue weighted by molar-refractivity contribution is 5.93. The van der Waals surface area contributed by atoms with Gasteiger partial charge in [-0.3, -0.25) is 19.8 Å². The average Bonchev–Trinajstić information content (AvgIpc) is 3.08. The van der Waals surface area contributed by atoms with Crippen LogP contribution in [0.25, 0.3) is 0 Å².